The molecule has 7 heteroatoms. The Morgan fingerprint density at radius 3 is 2.76 bits per heavy atom. The van der Waals surface area contributed by atoms with Crippen LogP contribution in [0.4, 0.5) is 4.39 Å². The van der Waals surface area contributed by atoms with Gasteiger partial charge in [0.15, 0.2) is 0 Å². The van der Waals surface area contributed by atoms with E-state index in [1.54, 1.807) is 23.5 Å². The maximum atomic E-state index is 13.4. The Labute approximate surface area is 172 Å². The number of fused-ring (bicyclic) bond motifs is 1. The number of hydrogen-bond acceptors (Lipinski definition) is 5. The fraction of sp³-hybridized carbons (Fsp3) is 0.273. The largest absolute Gasteiger partial charge is 0.487 e. The van der Waals surface area contributed by atoms with Gasteiger partial charge in [-0.1, -0.05) is 12.1 Å². The van der Waals surface area contributed by atoms with Crippen molar-refractivity contribution >= 4 is 17.2 Å². The molecule has 5 rings (SSSR count). The molecule has 1 amide bonds. The first-order valence-electron chi connectivity index (χ1n) is 9.56. The Morgan fingerprint density at radius 1 is 1.24 bits per heavy atom. The number of aryl methyl sites for hydroxylation is 1. The summed E-state index contributed by atoms with van der Waals surface area (Å²) in [6.45, 7) is 5.01. The molecule has 0 unspecified atom stereocenters. The number of halogens is 1. The van der Waals surface area contributed by atoms with Gasteiger partial charge in [-0.15, -0.1) is 11.3 Å². The summed E-state index contributed by atoms with van der Waals surface area (Å²) in [6, 6.07) is 10.1. The number of nitrogens with zero attached hydrogens (tertiary/aromatic N) is 2. The Hall–Kier alpha value is -2.77. The van der Waals surface area contributed by atoms with Crippen LogP contribution in [0.3, 0.4) is 0 Å². The van der Waals surface area contributed by atoms with Gasteiger partial charge in [0.25, 0.3) is 5.91 Å². The molecule has 1 N–H and O–H groups in total. The van der Waals surface area contributed by atoms with Crippen LogP contribution in [-0.4, -0.2) is 35.0 Å². The molecule has 0 aliphatic carbocycles. The predicted molar refractivity (Wildman–Crippen MR) is 110 cm³/mol. The number of amides is 1. The molecular formula is C22H20FN3O2S. The molecule has 5 nitrogen and oxygen atoms in total. The number of thiazole rings is 1. The highest BCUT2D eigenvalue weighted by Crippen LogP contribution is 2.36. The summed E-state index contributed by atoms with van der Waals surface area (Å²) in [7, 11) is 0. The smallest absolute Gasteiger partial charge is 0.251 e. The Balaban J connectivity index is 1.35. The van der Waals surface area contributed by atoms with E-state index in [2.05, 4.69) is 20.6 Å². The second-order valence-corrected chi connectivity index (χ2v) is 8.55. The second-order valence-electron chi connectivity index (χ2n) is 7.49. The zero-order valence-electron chi connectivity index (χ0n) is 15.9. The SMILES string of the molecule is Cc1nc(CN2CC(Oc3cc4c(cc3-c3ccc(F)cc3)C(=O)NC4)C2)cs1. The van der Waals surface area contributed by atoms with Crippen LogP contribution in [0.15, 0.2) is 41.8 Å². The van der Waals surface area contributed by atoms with Gasteiger partial charge in [0.1, 0.15) is 17.7 Å². The lowest BCUT2D eigenvalue weighted by atomic mass is 9.98. The molecule has 2 aliphatic rings. The third kappa shape index (κ3) is 3.63. The van der Waals surface area contributed by atoms with Gasteiger partial charge in [-0.25, -0.2) is 9.37 Å². The monoisotopic (exact) mass is 409 g/mol. The van der Waals surface area contributed by atoms with Gasteiger partial charge >= 0.3 is 0 Å². The van der Waals surface area contributed by atoms with Crippen LogP contribution in [0.1, 0.15) is 26.6 Å². The number of carbonyl (C=O) groups is 1. The molecular weight excluding hydrogens is 389 g/mol. The number of aromatic nitrogens is 1. The molecule has 2 aromatic carbocycles. The van der Waals surface area contributed by atoms with E-state index in [-0.39, 0.29) is 17.8 Å². The second kappa shape index (κ2) is 7.24. The summed E-state index contributed by atoms with van der Waals surface area (Å²) in [4.78, 5) is 18.9. The molecule has 1 fully saturated rings. The first-order valence-corrected chi connectivity index (χ1v) is 10.4. The topological polar surface area (TPSA) is 54.5 Å². The van der Waals surface area contributed by atoms with E-state index in [9.17, 15) is 9.18 Å². The van der Waals surface area contributed by atoms with E-state index in [4.69, 9.17) is 4.74 Å². The van der Waals surface area contributed by atoms with Gasteiger partial charge in [-0.05, 0) is 42.3 Å². The number of hydrogen-bond donors (Lipinski definition) is 1. The fourth-order valence-electron chi connectivity index (χ4n) is 3.82. The van der Waals surface area contributed by atoms with Crippen molar-refractivity contribution < 1.29 is 13.9 Å². The molecule has 3 heterocycles. The minimum absolute atomic E-state index is 0.0803. The van der Waals surface area contributed by atoms with E-state index in [0.717, 1.165) is 52.8 Å². The van der Waals surface area contributed by atoms with Crippen LogP contribution >= 0.6 is 11.3 Å². The highest BCUT2D eigenvalue weighted by molar-refractivity contribution is 7.09. The molecule has 0 radical (unpaired) electrons. The van der Waals surface area contributed by atoms with Crippen LogP contribution in [0.25, 0.3) is 11.1 Å². The maximum absolute atomic E-state index is 13.4. The normalized spacial score (nSPS) is 16.4. The number of carbonyl (C=O) groups excluding carboxylic acids is 1. The lowest BCUT2D eigenvalue weighted by Crippen LogP contribution is -2.53. The molecule has 29 heavy (non-hydrogen) atoms. The quantitative estimate of drug-likeness (QED) is 0.697. The summed E-state index contributed by atoms with van der Waals surface area (Å²) in [5, 5.41) is 6.03. The molecule has 2 aliphatic heterocycles. The lowest BCUT2D eigenvalue weighted by molar-refractivity contribution is 0.0142. The number of likely N-dealkylation sites (tertiary alicyclic amines) is 1. The van der Waals surface area contributed by atoms with Crippen molar-refractivity contribution in [3.05, 3.63) is 69.4 Å². The lowest BCUT2D eigenvalue weighted by Gasteiger charge is -2.39. The number of ether oxygens (including phenoxy) is 1. The van der Waals surface area contributed by atoms with Gasteiger partial charge in [-0.3, -0.25) is 9.69 Å². The Kier molecular flexibility index (Phi) is 4.56. The fourth-order valence-corrected chi connectivity index (χ4v) is 4.42. The van der Waals surface area contributed by atoms with Crippen LogP contribution < -0.4 is 10.1 Å². The zero-order chi connectivity index (χ0) is 20.0. The summed E-state index contributed by atoms with van der Waals surface area (Å²) < 4.78 is 19.7. The summed E-state index contributed by atoms with van der Waals surface area (Å²) >= 11 is 1.67. The van der Waals surface area contributed by atoms with Crippen LogP contribution in [0.5, 0.6) is 5.75 Å². The highest BCUT2D eigenvalue weighted by atomic mass is 32.1. The van der Waals surface area contributed by atoms with Crippen molar-refractivity contribution in [2.45, 2.75) is 26.1 Å². The zero-order valence-corrected chi connectivity index (χ0v) is 16.8. The average molecular weight is 409 g/mol. The first-order chi connectivity index (χ1) is 14.0. The van der Waals surface area contributed by atoms with Crippen LogP contribution in [-0.2, 0) is 13.1 Å². The van der Waals surface area contributed by atoms with Gasteiger partial charge in [0.2, 0.25) is 0 Å². The van der Waals surface area contributed by atoms with Gasteiger partial charge < -0.3 is 10.1 Å². The molecule has 148 valence electrons. The van der Waals surface area contributed by atoms with Gasteiger partial charge in [-0.2, -0.15) is 0 Å². The number of nitrogens with one attached hydrogen (secondary N) is 1. The molecule has 0 bridgehead atoms. The van der Waals surface area contributed by atoms with E-state index >= 15 is 0 Å². The molecule has 1 saturated heterocycles. The van der Waals surface area contributed by atoms with E-state index < -0.39 is 0 Å². The van der Waals surface area contributed by atoms with E-state index in [1.807, 2.05) is 19.1 Å². The number of rotatable bonds is 5. The number of benzene rings is 2. The molecule has 0 atom stereocenters. The van der Waals surface area contributed by atoms with E-state index in [0.29, 0.717) is 12.1 Å². The van der Waals surface area contributed by atoms with Crippen molar-refractivity contribution in [2.24, 2.45) is 0 Å². The summed E-state index contributed by atoms with van der Waals surface area (Å²) in [5.41, 5.74) is 4.34. The summed E-state index contributed by atoms with van der Waals surface area (Å²) in [5.74, 6) is 0.367. The third-order valence-electron chi connectivity index (χ3n) is 5.31. The Morgan fingerprint density at radius 2 is 2.03 bits per heavy atom. The minimum atomic E-state index is -0.290. The minimum Gasteiger partial charge on any atom is -0.487 e. The average Bonchev–Trinajstić information content (AvgIpc) is 3.25. The van der Waals surface area contributed by atoms with Crippen molar-refractivity contribution in [1.29, 1.82) is 0 Å². The highest BCUT2D eigenvalue weighted by Gasteiger charge is 2.30. The molecule has 3 aromatic rings. The van der Waals surface area contributed by atoms with Crippen molar-refractivity contribution in [3.8, 4) is 16.9 Å². The van der Waals surface area contributed by atoms with Crippen LogP contribution in [0, 0.1) is 12.7 Å². The van der Waals surface area contributed by atoms with Crippen LogP contribution in [0.2, 0.25) is 0 Å². The van der Waals surface area contributed by atoms with Gasteiger partial charge in [0, 0.05) is 42.7 Å². The Bertz CT molecular complexity index is 1070. The molecule has 0 saturated carbocycles. The standard InChI is InChI=1S/C22H20FN3O2S/c1-13-25-17(12-29-13)9-26-10-18(11-26)28-21-6-15-8-24-22(27)20(15)7-19(21)14-2-4-16(23)5-3-14/h2-7,12,18H,8-11H2,1H3,(H,24,27). The maximum Gasteiger partial charge on any atom is 0.251 e. The summed E-state index contributed by atoms with van der Waals surface area (Å²) in [6.07, 6.45) is 0.0806. The predicted octanol–water partition coefficient (Wildman–Crippen LogP) is 3.76. The molecule has 0 spiro atoms. The van der Waals surface area contributed by atoms with Crippen molar-refractivity contribution in [3.63, 3.8) is 0 Å². The van der Waals surface area contributed by atoms with Crippen molar-refractivity contribution in [1.82, 2.24) is 15.2 Å². The van der Waals surface area contributed by atoms with Gasteiger partial charge in [0.05, 0.1) is 10.7 Å². The molecule has 1 aromatic heterocycles. The van der Waals surface area contributed by atoms with E-state index in [1.165, 1.54) is 12.1 Å². The third-order valence-corrected chi connectivity index (χ3v) is 6.14. The van der Waals surface area contributed by atoms with Crippen molar-refractivity contribution in [2.75, 3.05) is 13.1 Å². The first kappa shape index (κ1) is 18.3.